The van der Waals surface area contributed by atoms with Crippen LogP contribution in [0.5, 0.6) is 0 Å². The van der Waals surface area contributed by atoms with Crippen LogP contribution in [0.4, 0.5) is 0 Å². The van der Waals surface area contributed by atoms with Crippen molar-refractivity contribution in [2.75, 3.05) is 0 Å². The Kier molecular flexibility index (Phi) is 3.16. The molecule has 0 aliphatic carbocycles. The first-order valence-corrected chi connectivity index (χ1v) is 6.37. The second-order valence-corrected chi connectivity index (χ2v) is 4.68. The molecule has 0 atom stereocenters. The fraction of sp³-hybridized carbons (Fsp3) is 0. The zero-order chi connectivity index (χ0) is 13.1. The summed E-state index contributed by atoms with van der Waals surface area (Å²) in [5.41, 5.74) is 0.967. The van der Waals surface area contributed by atoms with Crippen molar-refractivity contribution in [3.05, 3.63) is 48.2 Å². The lowest BCUT2D eigenvalue weighted by Crippen LogP contribution is -1.78. The monoisotopic (exact) mass is 271 g/mol. The SMILES string of the molecule is O=Cc1ccc(Sc2n[nH]c(-c3ccccc3)n2)o1. The molecule has 0 aliphatic heterocycles. The first kappa shape index (κ1) is 11.7. The number of nitrogens with one attached hydrogen (secondary N) is 1. The van der Waals surface area contributed by atoms with Gasteiger partial charge in [-0.05, 0) is 23.9 Å². The Labute approximate surface area is 113 Å². The van der Waals surface area contributed by atoms with Gasteiger partial charge in [0.25, 0.3) is 0 Å². The summed E-state index contributed by atoms with van der Waals surface area (Å²) in [5, 5.41) is 8.10. The third kappa shape index (κ3) is 2.58. The van der Waals surface area contributed by atoms with E-state index in [1.165, 1.54) is 11.8 Å². The van der Waals surface area contributed by atoms with Gasteiger partial charge in [0.15, 0.2) is 23.0 Å². The van der Waals surface area contributed by atoms with E-state index in [4.69, 9.17) is 4.42 Å². The van der Waals surface area contributed by atoms with Gasteiger partial charge >= 0.3 is 0 Å². The average molecular weight is 271 g/mol. The number of benzene rings is 1. The molecular weight excluding hydrogens is 262 g/mol. The average Bonchev–Trinajstić information content (AvgIpc) is 3.09. The van der Waals surface area contributed by atoms with Gasteiger partial charge in [0, 0.05) is 5.56 Å². The number of aromatic amines is 1. The Balaban J connectivity index is 1.80. The second-order valence-electron chi connectivity index (χ2n) is 3.71. The van der Waals surface area contributed by atoms with Gasteiger partial charge in [-0.1, -0.05) is 30.3 Å². The van der Waals surface area contributed by atoms with E-state index in [1.54, 1.807) is 12.1 Å². The van der Waals surface area contributed by atoms with Crippen LogP contribution in [-0.2, 0) is 0 Å². The van der Waals surface area contributed by atoms with Crippen molar-refractivity contribution in [1.29, 1.82) is 0 Å². The zero-order valence-corrected chi connectivity index (χ0v) is 10.6. The van der Waals surface area contributed by atoms with Crippen molar-refractivity contribution in [3.8, 4) is 11.4 Å². The normalized spacial score (nSPS) is 10.5. The van der Waals surface area contributed by atoms with Gasteiger partial charge < -0.3 is 4.42 Å². The lowest BCUT2D eigenvalue weighted by atomic mass is 10.2. The second kappa shape index (κ2) is 5.11. The van der Waals surface area contributed by atoms with Gasteiger partial charge in [-0.2, -0.15) is 0 Å². The quantitative estimate of drug-likeness (QED) is 0.738. The first-order valence-electron chi connectivity index (χ1n) is 5.56. The summed E-state index contributed by atoms with van der Waals surface area (Å²) in [5.74, 6) is 0.992. The largest absolute Gasteiger partial charge is 0.447 e. The molecule has 0 fully saturated rings. The van der Waals surface area contributed by atoms with E-state index in [0.29, 0.717) is 28.1 Å². The Morgan fingerprint density at radius 2 is 2.00 bits per heavy atom. The van der Waals surface area contributed by atoms with E-state index in [2.05, 4.69) is 15.2 Å². The van der Waals surface area contributed by atoms with Gasteiger partial charge in [-0.15, -0.1) is 5.10 Å². The molecule has 3 aromatic rings. The first-order chi connectivity index (χ1) is 9.35. The van der Waals surface area contributed by atoms with Crippen LogP contribution in [0, 0.1) is 0 Å². The van der Waals surface area contributed by atoms with Crippen molar-refractivity contribution in [3.63, 3.8) is 0 Å². The fourth-order valence-corrected chi connectivity index (χ4v) is 2.24. The van der Waals surface area contributed by atoms with Crippen molar-refractivity contribution in [1.82, 2.24) is 15.2 Å². The molecule has 0 saturated carbocycles. The number of aromatic nitrogens is 3. The molecule has 0 amide bonds. The topological polar surface area (TPSA) is 71.8 Å². The molecule has 19 heavy (non-hydrogen) atoms. The summed E-state index contributed by atoms with van der Waals surface area (Å²) in [6.45, 7) is 0. The molecule has 0 saturated heterocycles. The Bertz CT molecular complexity index is 691. The van der Waals surface area contributed by atoms with Crippen molar-refractivity contribution >= 4 is 18.0 Å². The highest BCUT2D eigenvalue weighted by Crippen LogP contribution is 2.27. The predicted octanol–water partition coefficient (Wildman–Crippen LogP) is 3.03. The number of carbonyl (C=O) groups is 1. The number of hydrogen-bond donors (Lipinski definition) is 1. The van der Waals surface area contributed by atoms with Gasteiger partial charge in [0.1, 0.15) is 0 Å². The number of aldehydes is 1. The summed E-state index contributed by atoms with van der Waals surface area (Å²) in [7, 11) is 0. The molecule has 0 radical (unpaired) electrons. The van der Waals surface area contributed by atoms with Crippen LogP contribution in [0.1, 0.15) is 10.6 Å². The van der Waals surface area contributed by atoms with Crippen molar-refractivity contribution in [2.45, 2.75) is 10.2 Å². The number of carbonyl (C=O) groups excluding carboxylic acids is 1. The molecule has 5 nitrogen and oxygen atoms in total. The molecule has 0 bridgehead atoms. The molecule has 1 aromatic carbocycles. The van der Waals surface area contributed by atoms with E-state index in [0.717, 1.165) is 5.56 Å². The standard InChI is InChI=1S/C13H9N3O2S/c17-8-10-6-7-11(18-10)19-13-14-12(15-16-13)9-4-2-1-3-5-9/h1-8H,(H,14,15,16). The molecule has 94 valence electrons. The molecule has 2 aromatic heterocycles. The minimum atomic E-state index is 0.293. The predicted molar refractivity (Wildman–Crippen MR) is 70.0 cm³/mol. The fourth-order valence-electron chi connectivity index (χ4n) is 1.56. The summed E-state index contributed by atoms with van der Waals surface area (Å²) < 4.78 is 5.25. The van der Waals surface area contributed by atoms with Crippen molar-refractivity contribution in [2.24, 2.45) is 0 Å². The van der Waals surface area contributed by atoms with E-state index in [-0.39, 0.29) is 0 Å². The lowest BCUT2D eigenvalue weighted by Gasteiger charge is -1.92. The van der Waals surface area contributed by atoms with Crippen LogP contribution in [0.15, 0.2) is 57.1 Å². The van der Waals surface area contributed by atoms with E-state index in [1.807, 2.05) is 30.3 Å². The minimum Gasteiger partial charge on any atom is -0.447 e. The maximum absolute atomic E-state index is 10.5. The zero-order valence-electron chi connectivity index (χ0n) is 9.74. The van der Waals surface area contributed by atoms with Crippen LogP contribution >= 0.6 is 11.8 Å². The Morgan fingerprint density at radius 3 is 2.74 bits per heavy atom. The minimum absolute atomic E-state index is 0.293. The number of hydrogen-bond acceptors (Lipinski definition) is 5. The number of furan rings is 1. The van der Waals surface area contributed by atoms with Crippen molar-refractivity contribution < 1.29 is 9.21 Å². The van der Waals surface area contributed by atoms with Crippen LogP contribution in [0.3, 0.4) is 0 Å². The Hall–Kier alpha value is -2.34. The number of nitrogens with zero attached hydrogens (tertiary/aromatic N) is 2. The molecule has 3 rings (SSSR count). The number of rotatable bonds is 4. The summed E-state index contributed by atoms with van der Waals surface area (Å²) in [6, 6.07) is 13.0. The van der Waals surface area contributed by atoms with Gasteiger partial charge in [-0.25, -0.2) is 4.98 Å². The Morgan fingerprint density at radius 1 is 1.16 bits per heavy atom. The lowest BCUT2D eigenvalue weighted by molar-refractivity contribution is 0.109. The van der Waals surface area contributed by atoms with Crippen LogP contribution < -0.4 is 0 Å². The highest BCUT2D eigenvalue weighted by molar-refractivity contribution is 7.99. The smallest absolute Gasteiger partial charge is 0.216 e. The molecule has 0 aliphatic rings. The molecule has 0 unspecified atom stereocenters. The van der Waals surface area contributed by atoms with E-state index in [9.17, 15) is 4.79 Å². The summed E-state index contributed by atoms with van der Waals surface area (Å²) in [6.07, 6.45) is 0.664. The van der Waals surface area contributed by atoms with Gasteiger partial charge in [0.2, 0.25) is 5.16 Å². The number of H-pyrrole nitrogens is 1. The van der Waals surface area contributed by atoms with Gasteiger partial charge in [-0.3, -0.25) is 9.89 Å². The highest BCUT2D eigenvalue weighted by Gasteiger charge is 2.09. The van der Waals surface area contributed by atoms with E-state index < -0.39 is 0 Å². The molecule has 2 heterocycles. The third-order valence-corrected chi connectivity index (χ3v) is 3.21. The maximum Gasteiger partial charge on any atom is 0.216 e. The summed E-state index contributed by atoms with van der Waals surface area (Å²) >= 11 is 1.26. The highest BCUT2D eigenvalue weighted by atomic mass is 32.2. The van der Waals surface area contributed by atoms with Crippen LogP contribution in [-0.4, -0.2) is 21.5 Å². The summed E-state index contributed by atoms with van der Waals surface area (Å²) in [4.78, 5) is 14.9. The van der Waals surface area contributed by atoms with Gasteiger partial charge in [0.05, 0.1) is 0 Å². The van der Waals surface area contributed by atoms with Crippen LogP contribution in [0.25, 0.3) is 11.4 Å². The molecule has 6 heteroatoms. The maximum atomic E-state index is 10.5. The molecule has 1 N–H and O–H groups in total. The third-order valence-electron chi connectivity index (χ3n) is 2.42. The molecular formula is C13H9N3O2S. The van der Waals surface area contributed by atoms with Crippen LogP contribution in [0.2, 0.25) is 0 Å². The van der Waals surface area contributed by atoms with E-state index >= 15 is 0 Å². The molecule has 0 spiro atoms.